The minimum Gasteiger partial charge on any atom is -0.480 e. The van der Waals surface area contributed by atoms with Crippen molar-refractivity contribution in [3.63, 3.8) is 0 Å². The molecular weight excluding hydrogens is 747 g/mol. The van der Waals surface area contributed by atoms with E-state index < -0.39 is 72.1 Å². The van der Waals surface area contributed by atoms with Crippen LogP contribution in [0, 0.1) is 0 Å². The number of hydrogen-bond donors (Lipinski definition) is 6. The molecule has 6 N–H and O–H groups in total. The van der Waals surface area contributed by atoms with Crippen molar-refractivity contribution >= 4 is 35.5 Å². The largest absolute Gasteiger partial charge is 0.480 e. The molecular formula is C47H47N5O7. The fraction of sp³-hybridized carbons (Fsp3) is 0.234. The molecule has 2 aliphatic heterocycles. The van der Waals surface area contributed by atoms with Gasteiger partial charge in [-0.3, -0.25) is 24.0 Å². The van der Waals surface area contributed by atoms with Crippen LogP contribution in [0.2, 0.25) is 0 Å². The number of carboxylic acid groups (broad SMARTS) is 1. The van der Waals surface area contributed by atoms with Gasteiger partial charge in [0.25, 0.3) is 5.91 Å². The van der Waals surface area contributed by atoms with Crippen molar-refractivity contribution in [1.82, 2.24) is 26.6 Å². The predicted molar refractivity (Wildman–Crippen MR) is 223 cm³/mol. The van der Waals surface area contributed by atoms with Gasteiger partial charge in [0.1, 0.15) is 24.2 Å². The highest BCUT2D eigenvalue weighted by molar-refractivity contribution is 5.98. The molecule has 2 aliphatic rings. The standard InChI is InChI=1S/C47H47N5O7/c1-30(34-22-24-36(25-23-34)35-15-9-4-10-16-35)42-46(57)50-39(27-32-13-7-3-8-14-32)45(56)51-40(47(58)59)28-33-17-20-37(21-18-33)43(54)48-29-41(53)49-38(44(55)52-42)26-19-31-11-5-2-6-12-31/h2-18,20-25,30,38-40,42H,19,26-29H2,1H3,(H,48,54)(H,49,53)(H,50,57)(H,51,56)(H,52,55)(H,58,59). The first-order valence-electron chi connectivity index (χ1n) is 19.6. The lowest BCUT2D eigenvalue weighted by molar-refractivity contribution is -0.142. The van der Waals surface area contributed by atoms with Gasteiger partial charge in [0.15, 0.2) is 0 Å². The fourth-order valence-corrected chi connectivity index (χ4v) is 7.03. The van der Waals surface area contributed by atoms with Crippen molar-refractivity contribution in [2.24, 2.45) is 0 Å². The van der Waals surface area contributed by atoms with E-state index in [0.29, 0.717) is 23.1 Å². The Kier molecular flexibility index (Phi) is 14.0. The lowest BCUT2D eigenvalue weighted by Crippen LogP contribution is -2.59. The van der Waals surface area contributed by atoms with E-state index in [4.69, 9.17) is 0 Å². The molecule has 5 amide bonds. The first-order valence-corrected chi connectivity index (χ1v) is 19.6. The summed E-state index contributed by atoms with van der Waals surface area (Å²) in [6.07, 6.45) is 0.484. The molecule has 0 aromatic heterocycles. The van der Waals surface area contributed by atoms with Crippen LogP contribution in [0.1, 0.15) is 51.9 Å². The Balaban J connectivity index is 1.37. The summed E-state index contributed by atoms with van der Waals surface area (Å²) in [6, 6.07) is 36.9. The molecule has 59 heavy (non-hydrogen) atoms. The average molecular weight is 794 g/mol. The molecule has 5 unspecified atom stereocenters. The Labute approximate surface area is 342 Å². The average Bonchev–Trinajstić information content (AvgIpc) is 3.26. The number of nitrogens with one attached hydrogen (secondary N) is 5. The monoisotopic (exact) mass is 793 g/mol. The zero-order valence-electron chi connectivity index (χ0n) is 32.6. The maximum absolute atomic E-state index is 14.6. The van der Waals surface area contributed by atoms with Gasteiger partial charge in [0.2, 0.25) is 23.6 Å². The van der Waals surface area contributed by atoms with Gasteiger partial charge in [0, 0.05) is 24.3 Å². The van der Waals surface area contributed by atoms with Crippen LogP contribution in [0.25, 0.3) is 11.1 Å². The zero-order valence-corrected chi connectivity index (χ0v) is 32.6. The quantitative estimate of drug-likeness (QED) is 0.120. The summed E-state index contributed by atoms with van der Waals surface area (Å²) in [6.45, 7) is 1.35. The van der Waals surface area contributed by atoms with Gasteiger partial charge < -0.3 is 31.7 Å². The molecule has 5 aromatic rings. The number of carboxylic acids is 1. The third-order valence-electron chi connectivity index (χ3n) is 10.4. The van der Waals surface area contributed by atoms with Crippen LogP contribution in [0.15, 0.2) is 140 Å². The lowest BCUT2D eigenvalue weighted by Gasteiger charge is -2.29. The van der Waals surface area contributed by atoms with E-state index >= 15 is 0 Å². The predicted octanol–water partition coefficient (Wildman–Crippen LogP) is 4.34. The van der Waals surface area contributed by atoms with Crippen molar-refractivity contribution in [2.75, 3.05) is 6.54 Å². The summed E-state index contributed by atoms with van der Waals surface area (Å²) >= 11 is 0. The molecule has 12 nitrogen and oxygen atoms in total. The number of carbonyl (C=O) groups is 6. The Bertz CT molecular complexity index is 2230. The van der Waals surface area contributed by atoms with Crippen LogP contribution < -0.4 is 26.6 Å². The molecule has 0 saturated carbocycles. The molecule has 2 heterocycles. The van der Waals surface area contributed by atoms with Crippen LogP contribution in [0.3, 0.4) is 0 Å². The SMILES string of the molecule is CC(c1ccc(-c2ccccc2)cc1)C1NC(=O)C(CCc2ccccc2)NC(=O)CNC(=O)c2ccc(cc2)CC(C(=O)O)NC(=O)C(Cc2ccccc2)NC1=O. The van der Waals surface area contributed by atoms with Crippen LogP contribution in [0.5, 0.6) is 0 Å². The minimum absolute atomic E-state index is 0.0190. The third kappa shape index (κ3) is 11.5. The smallest absolute Gasteiger partial charge is 0.326 e. The Morgan fingerprint density at radius 3 is 1.80 bits per heavy atom. The van der Waals surface area contributed by atoms with Gasteiger partial charge >= 0.3 is 5.97 Å². The Morgan fingerprint density at radius 1 is 0.610 bits per heavy atom. The van der Waals surface area contributed by atoms with E-state index in [1.807, 2.05) is 91.0 Å². The van der Waals surface area contributed by atoms with Crippen LogP contribution in [-0.2, 0) is 43.2 Å². The summed E-state index contributed by atoms with van der Waals surface area (Å²) in [5, 5.41) is 23.9. The number of aliphatic carboxylic acids is 1. The van der Waals surface area contributed by atoms with Crippen molar-refractivity contribution in [1.29, 1.82) is 0 Å². The summed E-state index contributed by atoms with van der Waals surface area (Å²) < 4.78 is 0. The lowest BCUT2D eigenvalue weighted by atomic mass is 9.90. The summed E-state index contributed by atoms with van der Waals surface area (Å²) in [5.41, 5.74) is 5.05. The highest BCUT2D eigenvalue weighted by Gasteiger charge is 2.35. The molecule has 12 heteroatoms. The second-order valence-electron chi connectivity index (χ2n) is 14.6. The number of benzene rings is 5. The Hall–Kier alpha value is -7.08. The van der Waals surface area contributed by atoms with Crippen molar-refractivity contribution in [3.05, 3.63) is 167 Å². The topological polar surface area (TPSA) is 183 Å². The van der Waals surface area contributed by atoms with Gasteiger partial charge in [-0.1, -0.05) is 134 Å². The zero-order chi connectivity index (χ0) is 41.7. The van der Waals surface area contributed by atoms with Gasteiger partial charge in [-0.05, 0) is 58.4 Å². The molecule has 5 atom stereocenters. The highest BCUT2D eigenvalue weighted by Crippen LogP contribution is 2.25. The minimum atomic E-state index is -1.38. The van der Waals surface area contributed by atoms with E-state index in [2.05, 4.69) is 26.6 Å². The maximum atomic E-state index is 14.6. The number of carbonyl (C=O) groups excluding carboxylic acids is 5. The molecule has 0 spiro atoms. The number of amides is 5. The number of fused-ring (bicyclic) bond motifs is 17. The van der Waals surface area contributed by atoms with E-state index in [-0.39, 0.29) is 24.8 Å². The summed E-state index contributed by atoms with van der Waals surface area (Å²) in [4.78, 5) is 81.9. The van der Waals surface area contributed by atoms with Crippen LogP contribution >= 0.6 is 0 Å². The number of rotatable bonds is 9. The molecule has 0 fully saturated rings. The normalized spacial score (nSPS) is 19.9. The molecule has 7 rings (SSSR count). The van der Waals surface area contributed by atoms with Crippen LogP contribution in [-0.4, -0.2) is 71.3 Å². The first-order chi connectivity index (χ1) is 28.5. The molecule has 302 valence electrons. The van der Waals surface area contributed by atoms with Crippen molar-refractivity contribution < 1.29 is 33.9 Å². The van der Waals surface area contributed by atoms with Crippen molar-refractivity contribution in [3.8, 4) is 11.1 Å². The molecule has 0 aliphatic carbocycles. The van der Waals surface area contributed by atoms with Crippen molar-refractivity contribution in [2.45, 2.75) is 62.7 Å². The second kappa shape index (κ2) is 19.9. The number of aryl methyl sites for hydroxylation is 1. The van der Waals surface area contributed by atoms with Gasteiger partial charge in [0.05, 0.1) is 6.54 Å². The number of hydrogen-bond acceptors (Lipinski definition) is 6. The molecule has 0 saturated heterocycles. The molecule has 0 radical (unpaired) electrons. The van der Waals surface area contributed by atoms with Crippen LogP contribution in [0.4, 0.5) is 0 Å². The van der Waals surface area contributed by atoms with Gasteiger partial charge in [-0.15, -0.1) is 0 Å². The molecule has 5 aromatic carbocycles. The van der Waals surface area contributed by atoms with E-state index in [1.54, 1.807) is 43.3 Å². The first kappa shape index (κ1) is 41.6. The Morgan fingerprint density at radius 2 is 1.17 bits per heavy atom. The summed E-state index contributed by atoms with van der Waals surface area (Å²) in [5.74, 6) is -5.19. The summed E-state index contributed by atoms with van der Waals surface area (Å²) in [7, 11) is 0. The fourth-order valence-electron chi connectivity index (χ4n) is 7.03. The van der Waals surface area contributed by atoms with Gasteiger partial charge in [-0.2, -0.15) is 0 Å². The van der Waals surface area contributed by atoms with E-state index in [0.717, 1.165) is 16.7 Å². The maximum Gasteiger partial charge on any atom is 0.326 e. The van der Waals surface area contributed by atoms with E-state index in [1.165, 1.54) is 12.1 Å². The van der Waals surface area contributed by atoms with Gasteiger partial charge in [-0.25, -0.2) is 4.79 Å². The highest BCUT2D eigenvalue weighted by atomic mass is 16.4. The second-order valence-corrected chi connectivity index (χ2v) is 14.6. The third-order valence-corrected chi connectivity index (χ3v) is 10.4. The van der Waals surface area contributed by atoms with E-state index in [9.17, 15) is 33.9 Å². The molecule has 2 bridgehead atoms.